The molecule has 1 aliphatic carbocycles. The van der Waals surface area contributed by atoms with Crippen LogP contribution < -0.4 is 10.9 Å². The predicted octanol–water partition coefficient (Wildman–Crippen LogP) is 2.39. The summed E-state index contributed by atoms with van der Waals surface area (Å²) in [5.74, 6) is 0.462. The van der Waals surface area contributed by atoms with Gasteiger partial charge in [-0.2, -0.15) is 0 Å². The Labute approximate surface area is 113 Å². The fourth-order valence-corrected chi connectivity index (χ4v) is 2.46. The van der Waals surface area contributed by atoms with Gasteiger partial charge in [0.25, 0.3) is 5.56 Å². The number of hydrogen-bond donors (Lipinski definition) is 1. The zero-order valence-corrected chi connectivity index (χ0v) is 11.3. The molecule has 1 fully saturated rings. The van der Waals surface area contributed by atoms with E-state index in [-0.39, 0.29) is 5.56 Å². The molecule has 0 amide bonds. The van der Waals surface area contributed by atoms with E-state index in [1.54, 1.807) is 6.07 Å². The largest absolute Gasteiger partial charge is 0.314 e. The van der Waals surface area contributed by atoms with Crippen LogP contribution in [0.3, 0.4) is 0 Å². The van der Waals surface area contributed by atoms with E-state index in [1.165, 1.54) is 12.8 Å². The minimum absolute atomic E-state index is 0.0944. The van der Waals surface area contributed by atoms with E-state index < -0.39 is 0 Å². The third-order valence-corrected chi connectivity index (χ3v) is 3.73. The first kappa shape index (κ1) is 12.4. The molecule has 1 N–H and O–H groups in total. The van der Waals surface area contributed by atoms with E-state index in [2.05, 4.69) is 18.3 Å². The highest BCUT2D eigenvalue weighted by Crippen LogP contribution is 2.19. The molecule has 1 unspecified atom stereocenters. The van der Waals surface area contributed by atoms with Gasteiger partial charge in [-0.25, -0.2) is 0 Å². The third-order valence-electron chi connectivity index (χ3n) is 3.73. The van der Waals surface area contributed by atoms with Gasteiger partial charge in [0.15, 0.2) is 0 Å². The maximum absolute atomic E-state index is 12.1. The minimum atomic E-state index is 0.0944. The summed E-state index contributed by atoms with van der Waals surface area (Å²) in [6.07, 6.45) is 2.61. The van der Waals surface area contributed by atoms with Gasteiger partial charge >= 0.3 is 0 Å². The third kappa shape index (κ3) is 2.87. The second kappa shape index (κ2) is 5.17. The number of para-hydroxylation sites is 1. The highest BCUT2D eigenvalue weighted by atomic mass is 16.1. The Morgan fingerprint density at radius 2 is 2.05 bits per heavy atom. The normalized spacial score (nSPS) is 16.7. The summed E-state index contributed by atoms with van der Waals surface area (Å²) in [4.78, 5) is 12.1. The van der Waals surface area contributed by atoms with Crippen molar-refractivity contribution in [3.05, 3.63) is 46.8 Å². The average Bonchev–Trinajstić information content (AvgIpc) is 3.24. The molecule has 3 rings (SSSR count). The van der Waals surface area contributed by atoms with Gasteiger partial charge in [0.2, 0.25) is 0 Å². The summed E-state index contributed by atoms with van der Waals surface area (Å²) < 4.78 is 1.90. The van der Waals surface area contributed by atoms with E-state index in [0.29, 0.717) is 5.92 Å². The topological polar surface area (TPSA) is 34.0 Å². The molecule has 0 bridgehead atoms. The van der Waals surface area contributed by atoms with Crippen LogP contribution >= 0.6 is 0 Å². The summed E-state index contributed by atoms with van der Waals surface area (Å²) in [6.45, 7) is 3.96. The fourth-order valence-electron chi connectivity index (χ4n) is 2.46. The van der Waals surface area contributed by atoms with E-state index in [9.17, 15) is 4.79 Å². The van der Waals surface area contributed by atoms with Crippen molar-refractivity contribution in [3.8, 4) is 0 Å². The number of pyridine rings is 1. The summed E-state index contributed by atoms with van der Waals surface area (Å²) in [5, 5.41) is 4.66. The Hall–Kier alpha value is -1.61. The predicted molar refractivity (Wildman–Crippen MR) is 78.4 cm³/mol. The molecule has 0 saturated heterocycles. The number of benzene rings is 1. The van der Waals surface area contributed by atoms with Crippen molar-refractivity contribution >= 4 is 10.9 Å². The molecule has 1 aromatic carbocycles. The molecule has 1 aliphatic rings. The maximum atomic E-state index is 12.1. The molecule has 1 heterocycles. The van der Waals surface area contributed by atoms with Gasteiger partial charge in [-0.3, -0.25) is 4.79 Å². The number of nitrogens with zero attached hydrogens (tertiary/aromatic N) is 1. The molecule has 0 radical (unpaired) electrons. The van der Waals surface area contributed by atoms with Gasteiger partial charge in [-0.05, 0) is 42.8 Å². The smallest absolute Gasteiger partial charge is 0.251 e. The molecule has 0 aliphatic heterocycles. The van der Waals surface area contributed by atoms with Crippen LogP contribution in [-0.4, -0.2) is 17.2 Å². The van der Waals surface area contributed by atoms with Crippen molar-refractivity contribution < 1.29 is 0 Å². The summed E-state index contributed by atoms with van der Waals surface area (Å²) >= 11 is 0. The van der Waals surface area contributed by atoms with Gasteiger partial charge in [0.05, 0.1) is 5.52 Å². The number of rotatable bonds is 5. The molecular formula is C16H20N2O. The summed E-state index contributed by atoms with van der Waals surface area (Å²) in [6, 6.07) is 12.4. The second-order valence-electron chi connectivity index (χ2n) is 5.63. The van der Waals surface area contributed by atoms with Gasteiger partial charge in [-0.15, -0.1) is 0 Å². The highest BCUT2D eigenvalue weighted by Gasteiger charge is 2.21. The molecule has 3 nitrogen and oxygen atoms in total. The van der Waals surface area contributed by atoms with Crippen LogP contribution in [0, 0.1) is 5.92 Å². The summed E-state index contributed by atoms with van der Waals surface area (Å²) in [7, 11) is 0. The lowest BCUT2D eigenvalue weighted by Gasteiger charge is -2.16. The first-order valence-corrected chi connectivity index (χ1v) is 7.06. The molecule has 0 spiro atoms. The molecule has 2 aromatic rings. The highest BCUT2D eigenvalue weighted by molar-refractivity contribution is 5.78. The minimum Gasteiger partial charge on any atom is -0.314 e. The van der Waals surface area contributed by atoms with Crippen molar-refractivity contribution in [2.45, 2.75) is 32.4 Å². The van der Waals surface area contributed by atoms with Crippen LogP contribution in [0.2, 0.25) is 0 Å². The molecule has 3 heteroatoms. The zero-order chi connectivity index (χ0) is 13.2. The fraction of sp³-hybridized carbons (Fsp3) is 0.438. The quantitative estimate of drug-likeness (QED) is 0.891. The van der Waals surface area contributed by atoms with Crippen LogP contribution in [0.1, 0.15) is 19.8 Å². The van der Waals surface area contributed by atoms with Crippen molar-refractivity contribution in [2.75, 3.05) is 6.54 Å². The van der Waals surface area contributed by atoms with E-state index in [1.807, 2.05) is 28.8 Å². The van der Waals surface area contributed by atoms with Crippen LogP contribution in [0.15, 0.2) is 41.2 Å². The lowest BCUT2D eigenvalue weighted by molar-refractivity contribution is 0.445. The maximum Gasteiger partial charge on any atom is 0.251 e. The lowest BCUT2D eigenvalue weighted by Crippen LogP contribution is -2.29. The zero-order valence-electron chi connectivity index (χ0n) is 11.3. The van der Waals surface area contributed by atoms with Gasteiger partial charge in [0.1, 0.15) is 0 Å². The average molecular weight is 256 g/mol. The van der Waals surface area contributed by atoms with E-state index >= 15 is 0 Å². The van der Waals surface area contributed by atoms with Crippen LogP contribution in [0.5, 0.6) is 0 Å². The molecule has 1 atom stereocenters. The first-order valence-electron chi connectivity index (χ1n) is 7.06. The monoisotopic (exact) mass is 256 g/mol. The van der Waals surface area contributed by atoms with E-state index in [0.717, 1.165) is 30.0 Å². The SMILES string of the molecule is CC(CNC1CC1)Cn1c(=O)ccc2ccccc21. The van der Waals surface area contributed by atoms with Gasteiger partial charge in [0, 0.05) is 18.7 Å². The Morgan fingerprint density at radius 3 is 2.84 bits per heavy atom. The Balaban J connectivity index is 1.82. The Bertz CT molecular complexity index is 628. The van der Waals surface area contributed by atoms with Crippen molar-refractivity contribution in [1.82, 2.24) is 9.88 Å². The van der Waals surface area contributed by atoms with Crippen molar-refractivity contribution in [1.29, 1.82) is 0 Å². The number of hydrogen-bond acceptors (Lipinski definition) is 2. The molecule has 1 aromatic heterocycles. The Morgan fingerprint density at radius 1 is 1.26 bits per heavy atom. The van der Waals surface area contributed by atoms with Crippen LogP contribution in [0.25, 0.3) is 10.9 Å². The number of aromatic nitrogens is 1. The first-order chi connectivity index (χ1) is 9.24. The van der Waals surface area contributed by atoms with Crippen LogP contribution in [-0.2, 0) is 6.54 Å². The lowest BCUT2D eigenvalue weighted by atomic mass is 10.1. The number of nitrogens with one attached hydrogen (secondary N) is 1. The van der Waals surface area contributed by atoms with Crippen LogP contribution in [0.4, 0.5) is 0 Å². The summed E-state index contributed by atoms with van der Waals surface area (Å²) in [5.41, 5.74) is 1.13. The standard InChI is InChI=1S/C16H20N2O/c1-12(10-17-14-7-8-14)11-18-15-5-3-2-4-13(15)6-9-16(18)19/h2-6,9,12,14,17H,7-8,10-11H2,1H3. The van der Waals surface area contributed by atoms with Gasteiger partial charge in [-0.1, -0.05) is 25.1 Å². The molecular weight excluding hydrogens is 236 g/mol. The van der Waals surface area contributed by atoms with Crippen molar-refractivity contribution in [3.63, 3.8) is 0 Å². The van der Waals surface area contributed by atoms with Gasteiger partial charge < -0.3 is 9.88 Å². The van der Waals surface area contributed by atoms with E-state index in [4.69, 9.17) is 0 Å². The van der Waals surface area contributed by atoms with Crippen molar-refractivity contribution in [2.24, 2.45) is 5.92 Å². The molecule has 19 heavy (non-hydrogen) atoms. The molecule has 1 saturated carbocycles. The number of fused-ring (bicyclic) bond motifs is 1. The second-order valence-corrected chi connectivity index (χ2v) is 5.63. The molecule has 100 valence electrons. The Kier molecular flexibility index (Phi) is 3.38.